The van der Waals surface area contributed by atoms with Crippen molar-refractivity contribution >= 4 is 22.9 Å². The van der Waals surface area contributed by atoms with Gasteiger partial charge in [0.15, 0.2) is 5.13 Å². The van der Waals surface area contributed by atoms with Crippen LogP contribution in [0.1, 0.15) is 17.1 Å². The summed E-state index contributed by atoms with van der Waals surface area (Å²) in [4.78, 5) is 18.7. The van der Waals surface area contributed by atoms with Crippen LogP contribution in [-0.2, 0) is 11.2 Å². The van der Waals surface area contributed by atoms with Gasteiger partial charge in [-0.1, -0.05) is 18.2 Å². The number of carbonyl (C=O) groups is 1. The quantitative estimate of drug-likeness (QED) is 0.732. The summed E-state index contributed by atoms with van der Waals surface area (Å²) in [6, 6.07) is 13.8. The molecule has 0 saturated carbocycles. The van der Waals surface area contributed by atoms with Crippen LogP contribution in [0.3, 0.4) is 0 Å². The number of carbonyl (C=O) groups excluding carboxylic acids is 1. The number of rotatable bonds is 4. The normalized spacial score (nSPS) is 10.7. The maximum absolute atomic E-state index is 12.4. The van der Waals surface area contributed by atoms with E-state index in [4.69, 9.17) is 0 Å². The van der Waals surface area contributed by atoms with Gasteiger partial charge in [-0.25, -0.2) is 4.98 Å². The molecule has 0 spiro atoms. The minimum atomic E-state index is 0.0361. The van der Waals surface area contributed by atoms with E-state index >= 15 is 0 Å². The van der Waals surface area contributed by atoms with Gasteiger partial charge in [-0.3, -0.25) is 9.36 Å². The number of anilines is 1. The van der Waals surface area contributed by atoms with Gasteiger partial charge >= 0.3 is 0 Å². The maximum Gasteiger partial charge on any atom is 0.232 e. The summed E-state index contributed by atoms with van der Waals surface area (Å²) < 4.78 is 2.11. The molecule has 23 heavy (non-hydrogen) atoms. The Morgan fingerprint density at radius 1 is 1.13 bits per heavy atom. The zero-order valence-electron chi connectivity index (χ0n) is 13.5. The van der Waals surface area contributed by atoms with Crippen LogP contribution in [0.25, 0.3) is 5.13 Å². The number of amides is 1. The van der Waals surface area contributed by atoms with Crippen LogP contribution in [0.4, 0.5) is 5.69 Å². The molecule has 0 saturated heterocycles. The molecule has 0 unspecified atom stereocenters. The van der Waals surface area contributed by atoms with Gasteiger partial charge in [0.25, 0.3) is 0 Å². The summed E-state index contributed by atoms with van der Waals surface area (Å²) in [7, 11) is 1.80. The third kappa shape index (κ3) is 3.19. The van der Waals surface area contributed by atoms with Crippen LogP contribution in [0.2, 0.25) is 0 Å². The van der Waals surface area contributed by atoms with Crippen molar-refractivity contribution in [3.05, 3.63) is 64.9 Å². The number of hydrogen-bond donors (Lipinski definition) is 0. The van der Waals surface area contributed by atoms with Gasteiger partial charge in [-0.15, -0.1) is 11.3 Å². The molecule has 0 aliphatic carbocycles. The molecule has 0 radical (unpaired) electrons. The van der Waals surface area contributed by atoms with Crippen LogP contribution in [0.15, 0.2) is 47.8 Å². The number of thiazole rings is 1. The van der Waals surface area contributed by atoms with Crippen LogP contribution < -0.4 is 4.90 Å². The number of para-hydroxylation sites is 1. The Bertz CT molecular complexity index is 800. The van der Waals surface area contributed by atoms with Gasteiger partial charge in [0.05, 0.1) is 12.1 Å². The molecule has 1 aromatic carbocycles. The molecule has 0 bridgehead atoms. The smallest absolute Gasteiger partial charge is 0.232 e. The zero-order chi connectivity index (χ0) is 16.4. The number of aromatic nitrogens is 2. The van der Waals surface area contributed by atoms with E-state index in [-0.39, 0.29) is 5.91 Å². The first-order chi connectivity index (χ1) is 11.1. The highest BCUT2D eigenvalue weighted by Crippen LogP contribution is 2.21. The molecule has 1 amide bonds. The Labute approximate surface area is 140 Å². The Morgan fingerprint density at radius 2 is 1.78 bits per heavy atom. The molecule has 0 aliphatic rings. The summed E-state index contributed by atoms with van der Waals surface area (Å²) in [6.07, 6.45) is 0.307. The SMILES string of the molecule is Cc1ccc(C)n1-c1nc(CC(=O)N(C)c2ccccc2)cs1. The lowest BCUT2D eigenvalue weighted by Gasteiger charge is -2.16. The van der Waals surface area contributed by atoms with E-state index in [1.54, 1.807) is 23.3 Å². The fraction of sp³-hybridized carbons (Fsp3) is 0.222. The van der Waals surface area contributed by atoms with Gasteiger partial charge in [0.2, 0.25) is 5.91 Å². The topological polar surface area (TPSA) is 38.1 Å². The first kappa shape index (κ1) is 15.5. The second-order valence-corrected chi connectivity index (χ2v) is 6.37. The lowest BCUT2D eigenvalue weighted by molar-refractivity contribution is -0.117. The van der Waals surface area contributed by atoms with Gasteiger partial charge in [-0.2, -0.15) is 0 Å². The molecular weight excluding hydrogens is 306 g/mol. The van der Waals surface area contributed by atoms with Crippen LogP contribution in [0, 0.1) is 13.8 Å². The standard InChI is InChI=1S/C18H19N3OS/c1-13-9-10-14(2)21(13)18-19-15(12-23-18)11-17(22)20(3)16-7-5-4-6-8-16/h4-10,12H,11H2,1-3H3. The minimum absolute atomic E-state index is 0.0361. The lowest BCUT2D eigenvalue weighted by atomic mass is 10.2. The van der Waals surface area contributed by atoms with E-state index in [2.05, 4.69) is 35.5 Å². The maximum atomic E-state index is 12.4. The largest absolute Gasteiger partial charge is 0.315 e. The second-order valence-electron chi connectivity index (χ2n) is 5.54. The molecular formula is C18H19N3OS. The monoisotopic (exact) mass is 325 g/mol. The molecule has 2 heterocycles. The number of likely N-dealkylation sites (N-methyl/N-ethyl adjacent to an activating group) is 1. The third-order valence-corrected chi connectivity index (χ3v) is 4.73. The number of aryl methyl sites for hydroxylation is 2. The molecule has 3 rings (SSSR count). The highest BCUT2D eigenvalue weighted by molar-refractivity contribution is 7.12. The summed E-state index contributed by atoms with van der Waals surface area (Å²) >= 11 is 1.57. The summed E-state index contributed by atoms with van der Waals surface area (Å²) in [5.74, 6) is 0.0361. The fourth-order valence-corrected chi connectivity index (χ4v) is 3.46. The third-order valence-electron chi connectivity index (χ3n) is 3.85. The molecule has 0 aliphatic heterocycles. The number of nitrogens with zero attached hydrogens (tertiary/aromatic N) is 3. The van der Waals surface area contributed by atoms with E-state index < -0.39 is 0 Å². The van der Waals surface area contributed by atoms with E-state index in [9.17, 15) is 4.79 Å². The molecule has 5 heteroatoms. The van der Waals surface area contributed by atoms with Gasteiger partial charge < -0.3 is 4.90 Å². The molecule has 0 fully saturated rings. The predicted molar refractivity (Wildman–Crippen MR) is 94.5 cm³/mol. The van der Waals surface area contributed by atoms with Crippen LogP contribution in [0.5, 0.6) is 0 Å². The summed E-state index contributed by atoms with van der Waals surface area (Å²) in [5.41, 5.74) is 4.00. The Morgan fingerprint density at radius 3 is 2.43 bits per heavy atom. The minimum Gasteiger partial charge on any atom is -0.315 e. The van der Waals surface area contributed by atoms with Crippen molar-refractivity contribution in [2.45, 2.75) is 20.3 Å². The molecule has 4 nitrogen and oxygen atoms in total. The van der Waals surface area contributed by atoms with Crippen molar-refractivity contribution in [2.75, 3.05) is 11.9 Å². The summed E-state index contributed by atoms with van der Waals surface area (Å²) in [6.45, 7) is 4.12. The second kappa shape index (κ2) is 6.38. The van der Waals surface area contributed by atoms with Crippen molar-refractivity contribution in [2.24, 2.45) is 0 Å². The van der Waals surface area contributed by atoms with Crippen LogP contribution >= 0.6 is 11.3 Å². The molecule has 118 valence electrons. The highest BCUT2D eigenvalue weighted by Gasteiger charge is 2.15. The fourth-order valence-electron chi connectivity index (χ4n) is 2.52. The van der Waals surface area contributed by atoms with E-state index in [0.29, 0.717) is 6.42 Å². The first-order valence-electron chi connectivity index (χ1n) is 7.47. The Balaban J connectivity index is 1.76. The van der Waals surface area contributed by atoms with Crippen molar-refractivity contribution in [1.29, 1.82) is 0 Å². The van der Waals surface area contributed by atoms with Gasteiger partial charge in [0, 0.05) is 29.5 Å². The Kier molecular flexibility index (Phi) is 4.30. The van der Waals surface area contributed by atoms with Gasteiger partial charge in [-0.05, 0) is 38.1 Å². The van der Waals surface area contributed by atoms with E-state index in [1.165, 1.54) is 0 Å². The van der Waals surface area contributed by atoms with Crippen LogP contribution in [-0.4, -0.2) is 22.5 Å². The molecule has 2 aromatic heterocycles. The van der Waals surface area contributed by atoms with Crippen molar-refractivity contribution < 1.29 is 4.79 Å². The zero-order valence-corrected chi connectivity index (χ0v) is 14.3. The first-order valence-corrected chi connectivity index (χ1v) is 8.35. The van der Waals surface area contributed by atoms with Crippen molar-refractivity contribution in [3.8, 4) is 5.13 Å². The van der Waals surface area contributed by atoms with E-state index in [1.807, 2.05) is 35.7 Å². The average Bonchev–Trinajstić information content (AvgIpc) is 3.13. The molecule has 0 N–H and O–H groups in total. The molecule has 0 atom stereocenters. The number of benzene rings is 1. The Hall–Kier alpha value is -2.40. The number of hydrogen-bond acceptors (Lipinski definition) is 3. The summed E-state index contributed by atoms with van der Waals surface area (Å²) in [5, 5.41) is 2.88. The van der Waals surface area contributed by atoms with Gasteiger partial charge in [0.1, 0.15) is 0 Å². The predicted octanol–water partition coefficient (Wildman–Crippen LogP) is 3.76. The van der Waals surface area contributed by atoms with Crippen molar-refractivity contribution in [3.63, 3.8) is 0 Å². The average molecular weight is 325 g/mol. The van der Waals surface area contributed by atoms with E-state index in [0.717, 1.165) is 27.9 Å². The highest BCUT2D eigenvalue weighted by atomic mass is 32.1. The lowest BCUT2D eigenvalue weighted by Crippen LogP contribution is -2.27. The molecule has 3 aromatic rings. The van der Waals surface area contributed by atoms with Crippen molar-refractivity contribution in [1.82, 2.24) is 9.55 Å².